The van der Waals surface area contributed by atoms with Gasteiger partial charge in [-0.05, 0) is 32.9 Å². The van der Waals surface area contributed by atoms with Crippen LogP contribution in [0.5, 0.6) is 5.75 Å². The molecule has 1 rings (SSSR count). The molecule has 0 aliphatic rings. The van der Waals surface area contributed by atoms with Gasteiger partial charge in [-0.3, -0.25) is 4.79 Å². The van der Waals surface area contributed by atoms with Crippen LogP contribution in [-0.4, -0.2) is 18.6 Å². The van der Waals surface area contributed by atoms with Crippen LogP contribution in [0.4, 0.5) is 5.69 Å². The fourth-order valence-electron chi connectivity index (χ4n) is 1.42. The van der Waals surface area contributed by atoms with Crippen LogP contribution in [0.25, 0.3) is 0 Å². The van der Waals surface area contributed by atoms with E-state index in [0.29, 0.717) is 5.75 Å². The summed E-state index contributed by atoms with van der Waals surface area (Å²) in [6.45, 7) is 5.57. The number of ether oxygens (including phenoxy) is 1. The second-order valence-corrected chi connectivity index (χ2v) is 5.25. The summed E-state index contributed by atoms with van der Waals surface area (Å²) < 4.78 is 5.10. The molecule has 2 N–H and O–H groups in total. The molecule has 106 valence electrons. The number of anilines is 1. The lowest BCUT2D eigenvalue weighted by atomic mass is 10.1. The molecule has 5 nitrogen and oxygen atoms in total. The van der Waals surface area contributed by atoms with Crippen LogP contribution < -0.4 is 15.4 Å². The zero-order valence-corrected chi connectivity index (χ0v) is 12.2. The topological polar surface area (TPSA) is 74.1 Å². The van der Waals surface area contributed by atoms with E-state index in [1.807, 2.05) is 45.0 Å². The molecule has 0 fully saturated rings. The first-order valence-electron chi connectivity index (χ1n) is 6.19. The summed E-state index contributed by atoms with van der Waals surface area (Å²) in [7, 11) is 1.58. The van der Waals surface area contributed by atoms with Crippen molar-refractivity contribution in [1.29, 1.82) is 5.26 Å². The number of benzene rings is 1. The zero-order chi connectivity index (χ0) is 15.2. The number of nitrogens with zero attached hydrogens (tertiary/aromatic N) is 1. The Labute approximate surface area is 119 Å². The van der Waals surface area contributed by atoms with Crippen molar-refractivity contribution in [1.82, 2.24) is 5.32 Å². The highest BCUT2D eigenvalue weighted by Gasteiger charge is 2.16. The van der Waals surface area contributed by atoms with Gasteiger partial charge in [-0.1, -0.05) is 6.07 Å². The summed E-state index contributed by atoms with van der Waals surface area (Å²) in [6.07, 6.45) is 1.38. The maximum absolute atomic E-state index is 11.9. The van der Waals surface area contributed by atoms with Gasteiger partial charge in [0, 0.05) is 23.5 Å². The molecule has 20 heavy (non-hydrogen) atoms. The number of hydrogen-bond acceptors (Lipinski definition) is 4. The van der Waals surface area contributed by atoms with Gasteiger partial charge in [-0.25, -0.2) is 0 Å². The summed E-state index contributed by atoms with van der Waals surface area (Å²) in [4.78, 5) is 11.9. The SMILES string of the molecule is COc1cccc(N/C=C(/C#N)C(=O)NC(C)(C)C)c1. The number of methoxy groups -OCH3 is 1. The molecule has 1 amide bonds. The highest BCUT2D eigenvalue weighted by atomic mass is 16.5. The van der Waals surface area contributed by atoms with Gasteiger partial charge in [0.15, 0.2) is 0 Å². The standard InChI is InChI=1S/C15H19N3O2/c1-15(2,3)18-14(19)11(9-16)10-17-12-6-5-7-13(8-12)20-4/h5-8,10,17H,1-4H3,(H,18,19)/b11-10-. The van der Waals surface area contributed by atoms with Gasteiger partial charge in [-0.15, -0.1) is 0 Å². The minimum atomic E-state index is -0.407. The molecular weight excluding hydrogens is 254 g/mol. The molecule has 1 aromatic carbocycles. The molecule has 0 spiro atoms. The van der Waals surface area contributed by atoms with Crippen molar-refractivity contribution in [2.75, 3.05) is 12.4 Å². The van der Waals surface area contributed by atoms with E-state index in [4.69, 9.17) is 10.00 Å². The number of amides is 1. The van der Waals surface area contributed by atoms with Crippen molar-refractivity contribution in [3.8, 4) is 11.8 Å². The Morgan fingerprint density at radius 1 is 1.40 bits per heavy atom. The molecule has 0 aliphatic heterocycles. The molecule has 0 atom stereocenters. The summed E-state index contributed by atoms with van der Waals surface area (Å²) in [5.74, 6) is 0.288. The molecule has 1 aromatic rings. The number of nitriles is 1. The van der Waals surface area contributed by atoms with Gasteiger partial charge < -0.3 is 15.4 Å². The van der Waals surface area contributed by atoms with E-state index in [1.54, 1.807) is 13.2 Å². The second-order valence-electron chi connectivity index (χ2n) is 5.25. The third-order valence-electron chi connectivity index (χ3n) is 2.31. The molecular formula is C15H19N3O2. The van der Waals surface area contributed by atoms with Crippen molar-refractivity contribution in [2.45, 2.75) is 26.3 Å². The lowest BCUT2D eigenvalue weighted by molar-refractivity contribution is -0.118. The third kappa shape index (κ3) is 5.02. The Kier molecular flexibility index (Phi) is 5.15. The first kappa shape index (κ1) is 15.6. The molecule has 0 bridgehead atoms. The summed E-state index contributed by atoms with van der Waals surface area (Å²) in [5, 5.41) is 14.7. The van der Waals surface area contributed by atoms with E-state index in [1.165, 1.54) is 6.20 Å². The predicted molar refractivity (Wildman–Crippen MR) is 78.2 cm³/mol. The number of nitrogens with one attached hydrogen (secondary N) is 2. The third-order valence-corrected chi connectivity index (χ3v) is 2.31. The van der Waals surface area contributed by atoms with Crippen LogP contribution in [0, 0.1) is 11.3 Å². The van der Waals surface area contributed by atoms with Gasteiger partial charge >= 0.3 is 0 Å². The summed E-state index contributed by atoms with van der Waals surface area (Å²) in [6, 6.07) is 9.09. The largest absolute Gasteiger partial charge is 0.497 e. The molecule has 0 unspecified atom stereocenters. The molecule has 0 aromatic heterocycles. The van der Waals surface area contributed by atoms with E-state index in [0.717, 1.165) is 5.69 Å². The molecule has 0 aliphatic carbocycles. The van der Waals surface area contributed by atoms with E-state index in [9.17, 15) is 4.79 Å². The molecule has 0 radical (unpaired) electrons. The van der Waals surface area contributed by atoms with Crippen LogP contribution in [0.1, 0.15) is 20.8 Å². The lowest BCUT2D eigenvalue weighted by Crippen LogP contribution is -2.41. The van der Waals surface area contributed by atoms with Crippen LogP contribution >= 0.6 is 0 Å². The Bertz CT molecular complexity index is 551. The van der Waals surface area contributed by atoms with Crippen molar-refractivity contribution >= 4 is 11.6 Å². The van der Waals surface area contributed by atoms with Crippen LogP contribution in [0.15, 0.2) is 36.0 Å². The van der Waals surface area contributed by atoms with Gasteiger partial charge in [0.2, 0.25) is 0 Å². The predicted octanol–water partition coefficient (Wildman–Crippen LogP) is 2.43. The molecule has 5 heteroatoms. The van der Waals surface area contributed by atoms with Gasteiger partial charge in [0.05, 0.1) is 7.11 Å². The minimum absolute atomic E-state index is 0.0164. The van der Waals surface area contributed by atoms with Crippen LogP contribution in [-0.2, 0) is 4.79 Å². The lowest BCUT2D eigenvalue weighted by Gasteiger charge is -2.20. The van der Waals surface area contributed by atoms with Crippen LogP contribution in [0.2, 0.25) is 0 Å². The van der Waals surface area contributed by atoms with E-state index >= 15 is 0 Å². The number of carbonyl (C=O) groups is 1. The molecule has 0 saturated heterocycles. The van der Waals surface area contributed by atoms with E-state index < -0.39 is 5.91 Å². The van der Waals surface area contributed by atoms with Crippen molar-refractivity contribution in [3.63, 3.8) is 0 Å². The highest BCUT2D eigenvalue weighted by molar-refractivity contribution is 5.97. The van der Waals surface area contributed by atoms with Crippen molar-refractivity contribution < 1.29 is 9.53 Å². The molecule has 0 heterocycles. The van der Waals surface area contributed by atoms with Gasteiger partial charge in [-0.2, -0.15) is 5.26 Å². The smallest absolute Gasteiger partial charge is 0.263 e. The monoisotopic (exact) mass is 273 g/mol. The van der Waals surface area contributed by atoms with Crippen molar-refractivity contribution in [3.05, 3.63) is 36.0 Å². The Morgan fingerprint density at radius 2 is 2.10 bits per heavy atom. The van der Waals surface area contributed by atoms with Crippen molar-refractivity contribution in [2.24, 2.45) is 0 Å². The Hall–Kier alpha value is -2.48. The number of carbonyl (C=O) groups excluding carboxylic acids is 1. The normalized spacial score (nSPS) is 11.4. The zero-order valence-electron chi connectivity index (χ0n) is 12.2. The van der Waals surface area contributed by atoms with E-state index in [2.05, 4.69) is 10.6 Å². The maximum atomic E-state index is 11.9. The van der Waals surface area contributed by atoms with Crippen LogP contribution in [0.3, 0.4) is 0 Å². The van der Waals surface area contributed by atoms with Gasteiger partial charge in [0.1, 0.15) is 17.4 Å². The van der Waals surface area contributed by atoms with E-state index in [-0.39, 0.29) is 11.1 Å². The number of hydrogen-bond donors (Lipinski definition) is 2. The quantitative estimate of drug-likeness (QED) is 0.652. The summed E-state index contributed by atoms with van der Waals surface area (Å²) in [5.41, 5.74) is 0.367. The minimum Gasteiger partial charge on any atom is -0.497 e. The Balaban J connectivity index is 2.80. The fourth-order valence-corrected chi connectivity index (χ4v) is 1.42. The average Bonchev–Trinajstić information content (AvgIpc) is 2.37. The first-order valence-corrected chi connectivity index (χ1v) is 6.19. The first-order chi connectivity index (χ1) is 9.35. The Morgan fingerprint density at radius 3 is 2.65 bits per heavy atom. The summed E-state index contributed by atoms with van der Waals surface area (Å²) >= 11 is 0. The van der Waals surface area contributed by atoms with Gasteiger partial charge in [0.25, 0.3) is 5.91 Å². The average molecular weight is 273 g/mol. The molecule has 0 saturated carbocycles. The maximum Gasteiger partial charge on any atom is 0.263 e. The highest BCUT2D eigenvalue weighted by Crippen LogP contribution is 2.16. The number of rotatable bonds is 4. The fraction of sp³-hybridized carbons (Fsp3) is 0.333. The second kappa shape index (κ2) is 6.62.